The Labute approximate surface area is 102 Å². The Hall–Kier alpha value is -1.18. The van der Waals surface area contributed by atoms with E-state index in [0.717, 1.165) is 6.07 Å². The number of hydrogen-bond donors (Lipinski definition) is 2. The molecule has 0 aliphatic heterocycles. The van der Waals surface area contributed by atoms with Crippen LogP contribution in [0.3, 0.4) is 0 Å². The summed E-state index contributed by atoms with van der Waals surface area (Å²) >= 11 is 5.50. The van der Waals surface area contributed by atoms with Crippen LogP contribution in [0.5, 0.6) is 0 Å². The lowest BCUT2D eigenvalue weighted by molar-refractivity contribution is -0.134. The Morgan fingerprint density at radius 1 is 1.47 bits per heavy atom. The average molecular weight is 282 g/mol. The van der Waals surface area contributed by atoms with E-state index < -0.39 is 27.6 Å². The number of halogens is 2. The highest BCUT2D eigenvalue weighted by Crippen LogP contribution is 2.15. The first kappa shape index (κ1) is 13.9. The van der Waals surface area contributed by atoms with Crippen LogP contribution in [0.4, 0.5) is 4.39 Å². The summed E-state index contributed by atoms with van der Waals surface area (Å²) in [5, 5.41) is 8.21. The predicted molar refractivity (Wildman–Crippen MR) is 59.7 cm³/mol. The van der Waals surface area contributed by atoms with Crippen LogP contribution in [0.25, 0.3) is 0 Å². The zero-order valence-corrected chi connectivity index (χ0v) is 10.1. The van der Waals surface area contributed by atoms with E-state index in [-0.39, 0.29) is 11.6 Å². The number of rotatable bonds is 5. The van der Waals surface area contributed by atoms with Crippen LogP contribution in [0.1, 0.15) is 5.56 Å². The quantitative estimate of drug-likeness (QED) is 0.843. The zero-order valence-electron chi connectivity index (χ0n) is 8.48. The van der Waals surface area contributed by atoms with Crippen molar-refractivity contribution in [3.8, 4) is 0 Å². The second kappa shape index (κ2) is 5.44. The molecular formula is C9H9ClFNO4S. The van der Waals surface area contributed by atoms with Crippen molar-refractivity contribution in [3.63, 3.8) is 0 Å². The van der Waals surface area contributed by atoms with Gasteiger partial charge in [0.25, 0.3) is 0 Å². The number of hydrogen-bond acceptors (Lipinski definition) is 3. The van der Waals surface area contributed by atoms with E-state index in [1.807, 2.05) is 0 Å². The standard InChI is InChI=1S/C9H9ClFNO4S/c10-7-3-6(1-2-8(7)11)4-12-17(15,16)5-9(13)14/h1-3,12H,4-5H2,(H,13,14). The van der Waals surface area contributed by atoms with Gasteiger partial charge in [-0.1, -0.05) is 17.7 Å². The van der Waals surface area contributed by atoms with E-state index in [9.17, 15) is 17.6 Å². The fraction of sp³-hybridized carbons (Fsp3) is 0.222. The SMILES string of the molecule is O=C(O)CS(=O)(=O)NCc1ccc(F)c(Cl)c1. The van der Waals surface area contributed by atoms with E-state index in [1.54, 1.807) is 0 Å². The second-order valence-corrected chi connectivity index (χ2v) is 5.44. The van der Waals surface area contributed by atoms with Crippen molar-refractivity contribution in [2.45, 2.75) is 6.54 Å². The highest BCUT2D eigenvalue weighted by molar-refractivity contribution is 7.90. The minimum atomic E-state index is -3.89. The highest BCUT2D eigenvalue weighted by atomic mass is 35.5. The van der Waals surface area contributed by atoms with Crippen molar-refractivity contribution in [1.82, 2.24) is 4.72 Å². The van der Waals surface area contributed by atoms with Gasteiger partial charge in [0.1, 0.15) is 5.82 Å². The first-order chi connectivity index (χ1) is 7.80. The van der Waals surface area contributed by atoms with Gasteiger partial charge >= 0.3 is 5.97 Å². The molecule has 0 bridgehead atoms. The maximum Gasteiger partial charge on any atom is 0.320 e. The van der Waals surface area contributed by atoms with Gasteiger partial charge in [-0.2, -0.15) is 0 Å². The molecule has 0 fully saturated rings. The van der Waals surface area contributed by atoms with Crippen molar-refractivity contribution in [2.75, 3.05) is 5.75 Å². The van der Waals surface area contributed by atoms with Crippen LogP contribution in [0.2, 0.25) is 5.02 Å². The van der Waals surface area contributed by atoms with Crippen LogP contribution in [0, 0.1) is 5.82 Å². The summed E-state index contributed by atoms with van der Waals surface area (Å²) in [7, 11) is -3.89. The van der Waals surface area contributed by atoms with E-state index in [4.69, 9.17) is 16.7 Å². The third kappa shape index (κ3) is 4.68. The Balaban J connectivity index is 2.67. The maximum atomic E-state index is 12.8. The molecule has 1 aromatic rings. The average Bonchev–Trinajstić information content (AvgIpc) is 2.18. The van der Waals surface area contributed by atoms with Gasteiger partial charge in [0.2, 0.25) is 10.0 Å². The van der Waals surface area contributed by atoms with Crippen LogP contribution >= 0.6 is 11.6 Å². The molecule has 0 saturated heterocycles. The number of aliphatic carboxylic acids is 1. The van der Waals surface area contributed by atoms with Crippen LogP contribution in [-0.4, -0.2) is 25.2 Å². The summed E-state index contributed by atoms with van der Waals surface area (Å²) < 4.78 is 37.2. The number of carboxylic acid groups (broad SMARTS) is 1. The summed E-state index contributed by atoms with van der Waals surface area (Å²) in [4.78, 5) is 10.2. The number of carboxylic acids is 1. The van der Waals surface area contributed by atoms with Crippen molar-refractivity contribution in [3.05, 3.63) is 34.6 Å². The van der Waals surface area contributed by atoms with Crippen molar-refractivity contribution < 1.29 is 22.7 Å². The smallest absolute Gasteiger partial charge is 0.320 e. The van der Waals surface area contributed by atoms with Crippen molar-refractivity contribution in [2.24, 2.45) is 0 Å². The zero-order chi connectivity index (χ0) is 13.1. The number of sulfonamides is 1. The Kier molecular flexibility index (Phi) is 4.44. The molecule has 0 spiro atoms. The van der Waals surface area contributed by atoms with Gasteiger partial charge in [-0.25, -0.2) is 17.5 Å². The van der Waals surface area contributed by atoms with Crippen LogP contribution < -0.4 is 4.72 Å². The van der Waals surface area contributed by atoms with Crippen LogP contribution in [-0.2, 0) is 21.4 Å². The lowest BCUT2D eigenvalue weighted by Gasteiger charge is -2.05. The van der Waals surface area contributed by atoms with E-state index in [2.05, 4.69) is 4.72 Å². The Morgan fingerprint density at radius 2 is 2.12 bits per heavy atom. The summed E-state index contributed by atoms with van der Waals surface area (Å²) in [6, 6.07) is 3.72. The maximum absolute atomic E-state index is 12.8. The van der Waals surface area contributed by atoms with Gasteiger partial charge in [0, 0.05) is 6.54 Å². The molecule has 1 aromatic carbocycles. The van der Waals surface area contributed by atoms with E-state index in [1.165, 1.54) is 12.1 Å². The molecular weight excluding hydrogens is 273 g/mol. The molecule has 0 atom stereocenters. The lowest BCUT2D eigenvalue weighted by atomic mass is 10.2. The fourth-order valence-corrected chi connectivity index (χ4v) is 2.07. The molecule has 0 amide bonds. The predicted octanol–water partition coefficient (Wildman–Crippen LogP) is 0.983. The van der Waals surface area contributed by atoms with Crippen LogP contribution in [0.15, 0.2) is 18.2 Å². The molecule has 0 aliphatic rings. The van der Waals surface area contributed by atoms with Gasteiger partial charge in [-0.05, 0) is 17.7 Å². The molecule has 0 aliphatic carbocycles. The third-order valence-electron chi connectivity index (χ3n) is 1.79. The van der Waals surface area contributed by atoms with Crippen molar-refractivity contribution >= 4 is 27.6 Å². The molecule has 94 valence electrons. The molecule has 8 heteroatoms. The van der Waals surface area contributed by atoms with Gasteiger partial charge in [-0.3, -0.25) is 4.79 Å². The largest absolute Gasteiger partial charge is 0.480 e. The molecule has 0 heterocycles. The van der Waals surface area contributed by atoms with Gasteiger partial charge < -0.3 is 5.11 Å². The third-order valence-corrected chi connectivity index (χ3v) is 3.29. The lowest BCUT2D eigenvalue weighted by Crippen LogP contribution is -2.29. The monoisotopic (exact) mass is 281 g/mol. The molecule has 0 aromatic heterocycles. The summed E-state index contributed by atoms with van der Waals surface area (Å²) in [6.07, 6.45) is 0. The summed E-state index contributed by atoms with van der Waals surface area (Å²) in [6.45, 7) is -0.143. The molecule has 0 saturated carbocycles. The minimum absolute atomic E-state index is 0.125. The molecule has 17 heavy (non-hydrogen) atoms. The number of nitrogens with one attached hydrogen (secondary N) is 1. The van der Waals surface area contributed by atoms with E-state index >= 15 is 0 Å². The minimum Gasteiger partial charge on any atom is -0.480 e. The van der Waals surface area contributed by atoms with Crippen molar-refractivity contribution in [1.29, 1.82) is 0 Å². The van der Waals surface area contributed by atoms with Gasteiger partial charge in [-0.15, -0.1) is 0 Å². The normalized spacial score (nSPS) is 11.4. The first-order valence-corrected chi connectivity index (χ1v) is 6.46. The Bertz CT molecular complexity index is 532. The molecule has 1 rings (SSSR count). The molecule has 5 nitrogen and oxygen atoms in total. The molecule has 0 unspecified atom stereocenters. The van der Waals surface area contributed by atoms with Gasteiger partial charge in [0.05, 0.1) is 5.02 Å². The summed E-state index contributed by atoms with van der Waals surface area (Å²) in [5.74, 6) is -3.07. The molecule has 0 radical (unpaired) electrons. The first-order valence-electron chi connectivity index (χ1n) is 4.43. The second-order valence-electron chi connectivity index (χ2n) is 3.22. The number of benzene rings is 1. The topological polar surface area (TPSA) is 83.5 Å². The molecule has 2 N–H and O–H groups in total. The van der Waals surface area contributed by atoms with Gasteiger partial charge in [0.15, 0.2) is 5.75 Å². The van der Waals surface area contributed by atoms with E-state index in [0.29, 0.717) is 5.56 Å². The number of carbonyl (C=O) groups is 1. The highest BCUT2D eigenvalue weighted by Gasteiger charge is 2.15. The Morgan fingerprint density at radius 3 is 2.65 bits per heavy atom. The summed E-state index contributed by atoms with van der Waals surface area (Å²) in [5.41, 5.74) is 0.436. The fourth-order valence-electron chi connectivity index (χ4n) is 1.06.